The maximum Gasteiger partial charge on any atom is 0.123 e. The highest BCUT2D eigenvalue weighted by molar-refractivity contribution is 7.80. The van der Waals surface area contributed by atoms with Crippen LogP contribution in [-0.2, 0) is 0 Å². The van der Waals surface area contributed by atoms with E-state index in [0.717, 1.165) is 17.1 Å². The lowest BCUT2D eigenvalue weighted by molar-refractivity contribution is 0.628. The normalized spacial score (nSPS) is 9.50. The third kappa shape index (κ3) is 2.58. The maximum atomic E-state index is 12.4. The molecule has 1 nitrogen and oxygen atoms in total. The molecule has 0 radical (unpaired) electrons. The van der Waals surface area contributed by atoms with Crippen molar-refractivity contribution < 1.29 is 4.39 Å². The van der Waals surface area contributed by atoms with Crippen LogP contribution in [0.4, 0.5) is 10.1 Å². The van der Waals surface area contributed by atoms with Gasteiger partial charge >= 0.3 is 0 Å². The van der Waals surface area contributed by atoms with Crippen molar-refractivity contribution in [3.05, 3.63) is 30.1 Å². The van der Waals surface area contributed by atoms with Gasteiger partial charge in [-0.25, -0.2) is 4.39 Å². The summed E-state index contributed by atoms with van der Waals surface area (Å²) >= 11 is 4.97. The first-order chi connectivity index (χ1) is 5.72. The molecule has 0 saturated carbocycles. The first-order valence-corrected chi connectivity index (χ1v) is 4.18. The molecular weight excluding hydrogens is 173 g/mol. The Morgan fingerprint density at radius 3 is 2.50 bits per heavy atom. The highest BCUT2D eigenvalue weighted by atomic mass is 32.1. The number of thiocarbonyl (C=S) groups is 1. The minimum atomic E-state index is -0.233. The number of rotatable bonds is 2. The summed E-state index contributed by atoms with van der Waals surface area (Å²) in [4.78, 5) is 0.765. The summed E-state index contributed by atoms with van der Waals surface area (Å²) in [5.74, 6) is -0.233. The molecule has 0 heterocycles. The van der Waals surface area contributed by atoms with E-state index in [1.807, 2.05) is 6.92 Å². The zero-order valence-electron chi connectivity index (χ0n) is 6.80. The molecule has 1 rings (SSSR count). The molecule has 64 valence electrons. The van der Waals surface area contributed by atoms with Crippen molar-refractivity contribution in [2.75, 3.05) is 5.32 Å². The first-order valence-electron chi connectivity index (χ1n) is 3.78. The van der Waals surface area contributed by atoms with Crippen molar-refractivity contribution in [2.45, 2.75) is 13.3 Å². The van der Waals surface area contributed by atoms with Crippen LogP contribution in [0.1, 0.15) is 13.3 Å². The number of anilines is 1. The van der Waals surface area contributed by atoms with Gasteiger partial charge in [0.05, 0.1) is 4.99 Å². The molecule has 0 fully saturated rings. The molecule has 1 N–H and O–H groups in total. The monoisotopic (exact) mass is 183 g/mol. The van der Waals surface area contributed by atoms with E-state index >= 15 is 0 Å². The summed E-state index contributed by atoms with van der Waals surface area (Å²) in [5, 5.41) is 2.98. The quantitative estimate of drug-likeness (QED) is 0.707. The second-order valence-corrected chi connectivity index (χ2v) is 2.90. The fourth-order valence-corrected chi connectivity index (χ4v) is 0.900. The number of hydrogen-bond acceptors (Lipinski definition) is 1. The number of benzene rings is 1. The van der Waals surface area contributed by atoms with E-state index in [-0.39, 0.29) is 5.82 Å². The zero-order valence-corrected chi connectivity index (χ0v) is 7.62. The lowest BCUT2D eigenvalue weighted by atomic mass is 10.3. The van der Waals surface area contributed by atoms with Gasteiger partial charge in [0.25, 0.3) is 0 Å². The standard InChI is InChI=1S/C9H10FNS/c1-2-9(12)11-8-5-3-7(10)4-6-8/h3-6H,2H2,1H3,(H,11,12). The molecule has 1 aromatic rings. The highest BCUT2D eigenvalue weighted by Crippen LogP contribution is 2.08. The predicted molar refractivity (Wildman–Crippen MR) is 52.9 cm³/mol. The van der Waals surface area contributed by atoms with Gasteiger partial charge < -0.3 is 5.32 Å². The van der Waals surface area contributed by atoms with Gasteiger partial charge in [0.1, 0.15) is 5.82 Å². The van der Waals surface area contributed by atoms with Gasteiger partial charge in [-0.05, 0) is 30.7 Å². The van der Waals surface area contributed by atoms with Crippen molar-refractivity contribution in [3.63, 3.8) is 0 Å². The average molecular weight is 183 g/mol. The van der Waals surface area contributed by atoms with Crippen molar-refractivity contribution >= 4 is 22.9 Å². The van der Waals surface area contributed by atoms with E-state index in [2.05, 4.69) is 5.32 Å². The Bertz CT molecular complexity index is 268. The Morgan fingerprint density at radius 1 is 1.42 bits per heavy atom. The molecule has 0 amide bonds. The van der Waals surface area contributed by atoms with Gasteiger partial charge in [-0.1, -0.05) is 19.1 Å². The van der Waals surface area contributed by atoms with Gasteiger partial charge in [-0.2, -0.15) is 0 Å². The minimum absolute atomic E-state index is 0.233. The SMILES string of the molecule is CCC(=S)Nc1ccc(F)cc1. The van der Waals surface area contributed by atoms with Gasteiger partial charge in [-0.3, -0.25) is 0 Å². The largest absolute Gasteiger partial charge is 0.350 e. The molecule has 12 heavy (non-hydrogen) atoms. The molecule has 0 bridgehead atoms. The van der Waals surface area contributed by atoms with Crippen molar-refractivity contribution in [1.82, 2.24) is 0 Å². The summed E-state index contributed by atoms with van der Waals surface area (Å²) in [6.45, 7) is 1.97. The van der Waals surface area contributed by atoms with Crippen LogP contribution in [0.15, 0.2) is 24.3 Å². The van der Waals surface area contributed by atoms with Gasteiger partial charge in [-0.15, -0.1) is 0 Å². The zero-order chi connectivity index (χ0) is 8.97. The molecule has 0 aliphatic heterocycles. The molecule has 1 aromatic carbocycles. The molecule has 0 spiro atoms. The van der Waals surface area contributed by atoms with Crippen LogP contribution in [0.5, 0.6) is 0 Å². The van der Waals surface area contributed by atoms with Crippen LogP contribution >= 0.6 is 12.2 Å². The second-order valence-electron chi connectivity index (χ2n) is 2.41. The Kier molecular flexibility index (Phi) is 3.17. The predicted octanol–water partition coefficient (Wildman–Crippen LogP) is 2.98. The molecule has 3 heteroatoms. The van der Waals surface area contributed by atoms with Crippen LogP contribution in [0.3, 0.4) is 0 Å². The molecule has 0 atom stereocenters. The van der Waals surface area contributed by atoms with E-state index in [4.69, 9.17) is 12.2 Å². The molecule has 0 aliphatic carbocycles. The molecule has 0 aromatic heterocycles. The van der Waals surface area contributed by atoms with Crippen molar-refractivity contribution in [3.8, 4) is 0 Å². The fourth-order valence-electron chi connectivity index (χ4n) is 0.783. The van der Waals surface area contributed by atoms with Crippen molar-refractivity contribution in [2.24, 2.45) is 0 Å². The van der Waals surface area contributed by atoms with Crippen LogP contribution < -0.4 is 5.32 Å². The van der Waals surface area contributed by atoms with Crippen LogP contribution in [-0.4, -0.2) is 4.99 Å². The Labute approximate surface area is 76.6 Å². The van der Waals surface area contributed by atoms with Crippen molar-refractivity contribution in [1.29, 1.82) is 0 Å². The second kappa shape index (κ2) is 4.16. The average Bonchev–Trinajstić information content (AvgIpc) is 2.09. The smallest absolute Gasteiger partial charge is 0.123 e. The summed E-state index contributed by atoms with van der Waals surface area (Å²) in [6, 6.07) is 6.13. The summed E-state index contributed by atoms with van der Waals surface area (Å²) in [5.41, 5.74) is 0.836. The lowest BCUT2D eigenvalue weighted by Crippen LogP contribution is -2.06. The van der Waals surface area contributed by atoms with E-state index < -0.39 is 0 Å². The number of nitrogens with one attached hydrogen (secondary N) is 1. The van der Waals surface area contributed by atoms with E-state index in [1.165, 1.54) is 12.1 Å². The van der Waals surface area contributed by atoms with Crippen LogP contribution in [0.2, 0.25) is 0 Å². The van der Waals surface area contributed by atoms with E-state index in [0.29, 0.717) is 0 Å². The topological polar surface area (TPSA) is 12.0 Å². The minimum Gasteiger partial charge on any atom is -0.350 e. The Balaban J connectivity index is 2.64. The third-order valence-corrected chi connectivity index (χ3v) is 1.84. The summed E-state index contributed by atoms with van der Waals surface area (Å²) in [7, 11) is 0. The van der Waals surface area contributed by atoms with Crippen LogP contribution in [0.25, 0.3) is 0 Å². The van der Waals surface area contributed by atoms with Gasteiger partial charge in [0.2, 0.25) is 0 Å². The molecular formula is C9H10FNS. The number of halogens is 1. The summed E-state index contributed by atoms with van der Waals surface area (Å²) in [6.07, 6.45) is 0.798. The maximum absolute atomic E-state index is 12.4. The van der Waals surface area contributed by atoms with Crippen LogP contribution in [0, 0.1) is 5.82 Å². The lowest BCUT2D eigenvalue weighted by Gasteiger charge is -2.04. The summed E-state index contributed by atoms with van der Waals surface area (Å²) < 4.78 is 12.4. The first kappa shape index (κ1) is 9.13. The van der Waals surface area contributed by atoms with E-state index in [1.54, 1.807) is 12.1 Å². The Hall–Kier alpha value is -0.960. The highest BCUT2D eigenvalue weighted by Gasteiger charge is 1.94. The molecule has 0 aliphatic rings. The van der Waals surface area contributed by atoms with Gasteiger partial charge in [0.15, 0.2) is 0 Å². The fraction of sp³-hybridized carbons (Fsp3) is 0.222. The molecule has 0 unspecified atom stereocenters. The van der Waals surface area contributed by atoms with Gasteiger partial charge in [0, 0.05) is 5.69 Å². The van der Waals surface area contributed by atoms with E-state index in [9.17, 15) is 4.39 Å². The number of hydrogen-bond donors (Lipinski definition) is 1. The third-order valence-electron chi connectivity index (χ3n) is 1.45. The Morgan fingerprint density at radius 2 is 2.00 bits per heavy atom. The molecule has 0 saturated heterocycles.